The zero-order valence-corrected chi connectivity index (χ0v) is 11.4. The van der Waals surface area contributed by atoms with Crippen LogP contribution in [0.2, 0.25) is 0 Å². The quantitative estimate of drug-likeness (QED) is 0.840. The lowest BCUT2D eigenvalue weighted by Gasteiger charge is -2.12. The van der Waals surface area contributed by atoms with Crippen LogP contribution in [0, 0.1) is 13.8 Å². The number of H-pyrrole nitrogens is 1. The molecular formula is C12H11BrN2O3. The van der Waals surface area contributed by atoms with E-state index in [0.717, 1.165) is 10.1 Å². The SMILES string of the molecule is Cc1cccc(-n2c(O)c(C)c(=O)[nH]c2=O)c1Br. The molecule has 2 aromatic rings. The molecular weight excluding hydrogens is 300 g/mol. The van der Waals surface area contributed by atoms with Crippen molar-refractivity contribution in [1.29, 1.82) is 0 Å². The number of nitrogens with zero attached hydrogens (tertiary/aromatic N) is 1. The molecule has 1 heterocycles. The summed E-state index contributed by atoms with van der Waals surface area (Å²) in [6.45, 7) is 3.32. The van der Waals surface area contributed by atoms with Gasteiger partial charge in [-0.15, -0.1) is 0 Å². The van der Waals surface area contributed by atoms with Crippen LogP contribution in [0.25, 0.3) is 5.69 Å². The van der Waals surface area contributed by atoms with E-state index in [-0.39, 0.29) is 11.4 Å². The maximum absolute atomic E-state index is 11.8. The van der Waals surface area contributed by atoms with Crippen molar-refractivity contribution >= 4 is 15.9 Å². The van der Waals surface area contributed by atoms with Crippen molar-refractivity contribution in [2.24, 2.45) is 0 Å². The van der Waals surface area contributed by atoms with Crippen molar-refractivity contribution in [2.45, 2.75) is 13.8 Å². The van der Waals surface area contributed by atoms with E-state index < -0.39 is 11.2 Å². The van der Waals surface area contributed by atoms with E-state index in [2.05, 4.69) is 20.9 Å². The number of benzene rings is 1. The lowest BCUT2D eigenvalue weighted by atomic mass is 10.2. The number of hydrogen-bond donors (Lipinski definition) is 2. The van der Waals surface area contributed by atoms with E-state index in [0.29, 0.717) is 10.2 Å². The van der Waals surface area contributed by atoms with E-state index in [1.807, 2.05) is 13.0 Å². The first kappa shape index (κ1) is 12.6. The Balaban J connectivity index is 2.88. The summed E-state index contributed by atoms with van der Waals surface area (Å²) >= 11 is 3.37. The summed E-state index contributed by atoms with van der Waals surface area (Å²) < 4.78 is 1.75. The molecule has 5 nitrogen and oxygen atoms in total. The molecule has 0 radical (unpaired) electrons. The first-order valence-corrected chi connectivity index (χ1v) is 6.03. The Kier molecular flexibility index (Phi) is 3.13. The highest BCUT2D eigenvalue weighted by Crippen LogP contribution is 2.26. The van der Waals surface area contributed by atoms with E-state index in [9.17, 15) is 14.7 Å². The second-order valence-electron chi connectivity index (χ2n) is 3.95. The Labute approximate surface area is 111 Å². The maximum atomic E-state index is 11.8. The van der Waals surface area contributed by atoms with Crippen LogP contribution >= 0.6 is 15.9 Å². The predicted molar refractivity (Wildman–Crippen MR) is 71.5 cm³/mol. The lowest BCUT2D eigenvalue weighted by Crippen LogP contribution is -2.30. The highest BCUT2D eigenvalue weighted by Gasteiger charge is 2.14. The standard InChI is InChI=1S/C12H11BrN2O3/c1-6-4-3-5-8(9(6)13)15-11(17)7(2)10(16)14-12(15)18/h3-5,17H,1-2H3,(H,14,16,18). The summed E-state index contributed by atoms with van der Waals surface area (Å²) in [5, 5.41) is 9.95. The number of rotatable bonds is 1. The second kappa shape index (κ2) is 4.45. The zero-order chi connectivity index (χ0) is 13.4. The van der Waals surface area contributed by atoms with Gasteiger partial charge in [0, 0.05) is 4.47 Å². The summed E-state index contributed by atoms with van der Waals surface area (Å²) in [6, 6.07) is 5.31. The molecule has 1 aromatic heterocycles. The maximum Gasteiger partial charge on any atom is 0.335 e. The molecule has 0 saturated carbocycles. The first-order chi connectivity index (χ1) is 8.43. The number of nitrogens with one attached hydrogen (secondary N) is 1. The minimum atomic E-state index is -0.672. The molecule has 18 heavy (non-hydrogen) atoms. The van der Waals surface area contributed by atoms with Crippen LogP contribution in [0.5, 0.6) is 5.88 Å². The van der Waals surface area contributed by atoms with Gasteiger partial charge in [0.05, 0.1) is 11.3 Å². The highest BCUT2D eigenvalue weighted by molar-refractivity contribution is 9.10. The van der Waals surface area contributed by atoms with Crippen LogP contribution < -0.4 is 11.2 Å². The van der Waals surface area contributed by atoms with Gasteiger partial charge in [-0.1, -0.05) is 12.1 Å². The summed E-state index contributed by atoms with van der Waals surface area (Å²) in [7, 11) is 0. The molecule has 0 amide bonds. The van der Waals surface area contributed by atoms with Gasteiger partial charge in [0.15, 0.2) is 0 Å². The lowest BCUT2D eigenvalue weighted by molar-refractivity contribution is 0.426. The van der Waals surface area contributed by atoms with E-state index in [4.69, 9.17) is 0 Å². The fraction of sp³-hybridized carbons (Fsp3) is 0.167. The predicted octanol–water partition coefficient (Wildman–Crippen LogP) is 1.61. The number of halogens is 1. The van der Waals surface area contributed by atoms with Crippen LogP contribution in [-0.2, 0) is 0 Å². The van der Waals surface area contributed by atoms with Crippen molar-refractivity contribution in [3.63, 3.8) is 0 Å². The third kappa shape index (κ3) is 1.88. The molecule has 1 aromatic carbocycles. The van der Waals surface area contributed by atoms with Gasteiger partial charge in [0.1, 0.15) is 0 Å². The number of aromatic hydroxyl groups is 1. The van der Waals surface area contributed by atoms with Crippen LogP contribution in [0.4, 0.5) is 0 Å². The van der Waals surface area contributed by atoms with Gasteiger partial charge in [0.2, 0.25) is 5.88 Å². The van der Waals surface area contributed by atoms with Crippen LogP contribution in [0.15, 0.2) is 32.3 Å². The monoisotopic (exact) mass is 310 g/mol. The zero-order valence-electron chi connectivity index (χ0n) is 9.82. The first-order valence-electron chi connectivity index (χ1n) is 5.24. The Morgan fingerprint density at radius 2 is 1.94 bits per heavy atom. The molecule has 0 aliphatic heterocycles. The fourth-order valence-corrected chi connectivity index (χ4v) is 2.08. The van der Waals surface area contributed by atoms with Gasteiger partial charge in [-0.2, -0.15) is 0 Å². The average molecular weight is 311 g/mol. The number of aryl methyl sites for hydroxylation is 1. The molecule has 0 aliphatic rings. The topological polar surface area (TPSA) is 75.1 Å². The van der Waals surface area contributed by atoms with Crippen molar-refractivity contribution in [3.05, 3.63) is 54.6 Å². The molecule has 6 heteroatoms. The third-order valence-corrected chi connectivity index (χ3v) is 3.76. The molecule has 0 aliphatic carbocycles. The summed E-state index contributed by atoms with van der Waals surface area (Å²) in [5.74, 6) is -0.352. The summed E-state index contributed by atoms with van der Waals surface area (Å²) in [6.07, 6.45) is 0. The van der Waals surface area contributed by atoms with Crippen molar-refractivity contribution in [2.75, 3.05) is 0 Å². The smallest absolute Gasteiger partial charge is 0.335 e. The van der Waals surface area contributed by atoms with Gasteiger partial charge in [-0.25, -0.2) is 9.36 Å². The summed E-state index contributed by atoms with van der Waals surface area (Å²) in [4.78, 5) is 25.3. The Hall–Kier alpha value is -1.82. The molecule has 0 spiro atoms. The molecule has 0 bridgehead atoms. The van der Waals surface area contributed by atoms with Gasteiger partial charge >= 0.3 is 5.69 Å². The molecule has 0 fully saturated rings. The molecule has 0 saturated heterocycles. The largest absolute Gasteiger partial charge is 0.494 e. The van der Waals surface area contributed by atoms with E-state index in [1.54, 1.807) is 12.1 Å². The van der Waals surface area contributed by atoms with E-state index >= 15 is 0 Å². The van der Waals surface area contributed by atoms with Gasteiger partial charge in [0.25, 0.3) is 5.56 Å². The molecule has 0 unspecified atom stereocenters. The van der Waals surface area contributed by atoms with Crippen molar-refractivity contribution < 1.29 is 5.11 Å². The summed E-state index contributed by atoms with van der Waals surface area (Å²) in [5.41, 5.74) is 0.245. The van der Waals surface area contributed by atoms with Gasteiger partial charge in [-0.05, 0) is 41.4 Å². The Morgan fingerprint density at radius 3 is 2.61 bits per heavy atom. The number of aromatic nitrogens is 2. The minimum Gasteiger partial charge on any atom is -0.494 e. The highest BCUT2D eigenvalue weighted by atomic mass is 79.9. The van der Waals surface area contributed by atoms with Gasteiger partial charge < -0.3 is 5.11 Å². The normalized spacial score (nSPS) is 10.6. The molecule has 2 N–H and O–H groups in total. The number of hydrogen-bond acceptors (Lipinski definition) is 3. The Bertz CT molecular complexity index is 731. The second-order valence-corrected chi connectivity index (χ2v) is 4.74. The molecule has 2 rings (SSSR count). The Morgan fingerprint density at radius 1 is 1.28 bits per heavy atom. The minimum absolute atomic E-state index is 0.100. The van der Waals surface area contributed by atoms with Crippen LogP contribution in [0.1, 0.15) is 11.1 Å². The van der Waals surface area contributed by atoms with Crippen molar-refractivity contribution in [3.8, 4) is 11.6 Å². The van der Waals surface area contributed by atoms with Crippen molar-refractivity contribution in [1.82, 2.24) is 9.55 Å². The van der Waals surface area contributed by atoms with Crippen LogP contribution in [0.3, 0.4) is 0 Å². The molecule has 94 valence electrons. The van der Waals surface area contributed by atoms with Crippen LogP contribution in [-0.4, -0.2) is 14.7 Å². The fourth-order valence-electron chi connectivity index (χ4n) is 1.64. The molecule has 0 atom stereocenters. The number of aromatic amines is 1. The average Bonchev–Trinajstić information content (AvgIpc) is 2.32. The van der Waals surface area contributed by atoms with E-state index in [1.165, 1.54) is 6.92 Å². The third-order valence-electron chi connectivity index (χ3n) is 2.72. The van der Waals surface area contributed by atoms with Gasteiger partial charge in [-0.3, -0.25) is 9.78 Å².